The van der Waals surface area contributed by atoms with Gasteiger partial charge in [-0.1, -0.05) is 0 Å². The first kappa shape index (κ1) is 17.0. The van der Waals surface area contributed by atoms with Crippen molar-refractivity contribution in [3.63, 3.8) is 0 Å². The van der Waals surface area contributed by atoms with Gasteiger partial charge in [-0.2, -0.15) is 0 Å². The Labute approximate surface area is 143 Å². The van der Waals surface area contributed by atoms with Gasteiger partial charge in [0.2, 0.25) is 11.9 Å². The number of hydrogen-bond donors (Lipinski definition) is 2. The van der Waals surface area contributed by atoms with Crippen molar-refractivity contribution in [1.82, 2.24) is 9.97 Å². The summed E-state index contributed by atoms with van der Waals surface area (Å²) in [5, 5.41) is 0. The van der Waals surface area contributed by atoms with E-state index in [1.54, 1.807) is 6.07 Å². The molecule has 0 bridgehead atoms. The van der Waals surface area contributed by atoms with Crippen LogP contribution in [0, 0.1) is 0 Å². The van der Waals surface area contributed by atoms with Crippen molar-refractivity contribution in [3.05, 3.63) is 42.7 Å². The van der Waals surface area contributed by atoms with Crippen LogP contribution in [0.5, 0.6) is 0 Å². The highest BCUT2D eigenvalue weighted by atomic mass is 32.2. The van der Waals surface area contributed by atoms with Gasteiger partial charge in [-0.15, -0.1) is 0 Å². The second-order valence-electron chi connectivity index (χ2n) is 5.38. The Morgan fingerprint density at radius 1 is 1.12 bits per heavy atom. The van der Waals surface area contributed by atoms with Crippen molar-refractivity contribution in [2.45, 2.75) is 23.8 Å². The topological polar surface area (TPSA) is 135 Å². The van der Waals surface area contributed by atoms with Crippen LogP contribution >= 0.6 is 0 Å². The second kappa shape index (κ2) is 6.57. The third-order valence-corrected chi connectivity index (χ3v) is 5.00. The van der Waals surface area contributed by atoms with Crippen molar-refractivity contribution in [1.29, 1.82) is 0 Å². The molecular formula is C15H15N5O4S. The fourth-order valence-corrected chi connectivity index (χ4v) is 3.34. The number of aromatic nitrogens is 2. The van der Waals surface area contributed by atoms with E-state index >= 15 is 0 Å². The molecule has 3 rings (SSSR count). The summed E-state index contributed by atoms with van der Waals surface area (Å²) in [7, 11) is -3.89. The first-order valence-electron chi connectivity index (χ1n) is 7.41. The van der Waals surface area contributed by atoms with Gasteiger partial charge in [0.05, 0.1) is 16.6 Å². The Hall–Kier alpha value is -2.85. The van der Waals surface area contributed by atoms with Gasteiger partial charge in [0, 0.05) is 18.8 Å². The van der Waals surface area contributed by atoms with E-state index in [2.05, 4.69) is 14.7 Å². The zero-order valence-corrected chi connectivity index (χ0v) is 13.8. The lowest BCUT2D eigenvalue weighted by molar-refractivity contribution is -0.130. The molecule has 0 unspecified atom stereocenters. The van der Waals surface area contributed by atoms with Crippen molar-refractivity contribution in [2.24, 2.45) is 5.73 Å². The van der Waals surface area contributed by atoms with Crippen molar-refractivity contribution >= 4 is 33.5 Å². The highest BCUT2D eigenvalue weighted by molar-refractivity contribution is 7.92. The first-order valence-corrected chi connectivity index (χ1v) is 8.89. The molecule has 3 N–H and O–H groups in total. The lowest BCUT2D eigenvalue weighted by Gasteiger charge is -2.28. The largest absolute Gasteiger partial charge is 0.320 e. The number of hydrogen-bond acceptors (Lipinski definition) is 7. The van der Waals surface area contributed by atoms with Crippen LogP contribution in [0.25, 0.3) is 0 Å². The first-order chi connectivity index (χ1) is 11.9. The third-order valence-electron chi connectivity index (χ3n) is 3.65. The number of benzene rings is 1. The number of sulfonamides is 1. The Morgan fingerprint density at radius 3 is 2.40 bits per heavy atom. The van der Waals surface area contributed by atoms with Gasteiger partial charge in [0.15, 0.2) is 0 Å². The molecule has 0 spiro atoms. The summed E-state index contributed by atoms with van der Waals surface area (Å²) in [5.74, 6) is -0.917. The molecule has 1 fully saturated rings. The van der Waals surface area contributed by atoms with E-state index in [1.165, 1.54) is 36.7 Å². The Bertz CT molecular complexity index is 899. The van der Waals surface area contributed by atoms with Crippen LogP contribution in [-0.2, 0) is 19.6 Å². The average molecular weight is 361 g/mol. The number of imide groups is 1. The summed E-state index contributed by atoms with van der Waals surface area (Å²) in [4.78, 5) is 32.6. The molecule has 2 heterocycles. The minimum absolute atomic E-state index is 0.0510. The number of nitrogens with two attached hydrogens (primary N) is 1. The minimum Gasteiger partial charge on any atom is -0.320 e. The molecule has 25 heavy (non-hydrogen) atoms. The van der Waals surface area contributed by atoms with Gasteiger partial charge >= 0.3 is 0 Å². The maximum Gasteiger partial charge on any atom is 0.264 e. The molecule has 1 saturated heterocycles. The number of nitrogens with one attached hydrogen (secondary N) is 1. The normalized spacial score (nSPS) is 18.3. The van der Waals surface area contributed by atoms with E-state index in [4.69, 9.17) is 5.73 Å². The summed E-state index contributed by atoms with van der Waals surface area (Å²) in [5.41, 5.74) is 5.97. The maximum absolute atomic E-state index is 12.3. The highest BCUT2D eigenvalue weighted by Crippen LogP contribution is 2.23. The van der Waals surface area contributed by atoms with Crippen LogP contribution in [-0.4, -0.2) is 36.2 Å². The Morgan fingerprint density at radius 2 is 1.76 bits per heavy atom. The van der Waals surface area contributed by atoms with Gasteiger partial charge in [0.1, 0.15) is 0 Å². The minimum atomic E-state index is -3.89. The summed E-state index contributed by atoms with van der Waals surface area (Å²) < 4.78 is 26.9. The maximum atomic E-state index is 12.3. The Balaban J connectivity index is 1.84. The van der Waals surface area contributed by atoms with E-state index in [1.807, 2.05) is 0 Å². The van der Waals surface area contributed by atoms with E-state index in [9.17, 15) is 18.0 Å². The van der Waals surface area contributed by atoms with Gasteiger partial charge < -0.3 is 5.73 Å². The number of piperidine rings is 1. The van der Waals surface area contributed by atoms with E-state index in [0.717, 1.165) is 4.90 Å². The van der Waals surface area contributed by atoms with Crippen LogP contribution in [0.2, 0.25) is 0 Å². The summed E-state index contributed by atoms with van der Waals surface area (Å²) >= 11 is 0. The molecule has 1 atom stereocenters. The smallest absolute Gasteiger partial charge is 0.264 e. The van der Waals surface area contributed by atoms with E-state index in [0.29, 0.717) is 6.42 Å². The van der Waals surface area contributed by atoms with E-state index in [-0.39, 0.29) is 28.9 Å². The molecule has 2 aromatic rings. The van der Waals surface area contributed by atoms with Crippen LogP contribution in [0.1, 0.15) is 12.8 Å². The lowest BCUT2D eigenvalue weighted by atomic mass is 10.0. The zero-order valence-electron chi connectivity index (χ0n) is 13.0. The van der Waals surface area contributed by atoms with Gasteiger partial charge in [-0.05, 0) is 36.8 Å². The highest BCUT2D eigenvalue weighted by Gasteiger charge is 2.33. The number of amides is 2. The lowest BCUT2D eigenvalue weighted by Crippen LogP contribution is -2.51. The summed E-state index contributed by atoms with van der Waals surface area (Å²) in [6.07, 6.45) is 3.29. The third kappa shape index (κ3) is 3.49. The molecule has 1 aliphatic rings. The Kier molecular flexibility index (Phi) is 4.47. The fraction of sp³-hybridized carbons (Fsp3) is 0.200. The van der Waals surface area contributed by atoms with Crippen molar-refractivity contribution in [3.8, 4) is 0 Å². The van der Waals surface area contributed by atoms with Crippen LogP contribution in [0.15, 0.2) is 47.6 Å². The second-order valence-corrected chi connectivity index (χ2v) is 7.07. The van der Waals surface area contributed by atoms with Crippen LogP contribution in [0.3, 0.4) is 0 Å². The molecule has 9 nitrogen and oxygen atoms in total. The van der Waals surface area contributed by atoms with Crippen molar-refractivity contribution in [2.75, 3.05) is 9.62 Å². The predicted molar refractivity (Wildman–Crippen MR) is 89.0 cm³/mol. The van der Waals surface area contributed by atoms with Crippen LogP contribution in [0.4, 0.5) is 11.6 Å². The SMILES string of the molecule is N[C@H]1CCC(=O)N(c2ccc(S(=O)(=O)Nc3ncccn3)cc2)C1=O. The number of rotatable bonds is 4. The van der Waals surface area contributed by atoms with E-state index < -0.39 is 22.0 Å². The quantitative estimate of drug-likeness (QED) is 0.745. The monoisotopic (exact) mass is 361 g/mol. The molecule has 0 saturated carbocycles. The van der Waals surface area contributed by atoms with Crippen LogP contribution < -0.4 is 15.4 Å². The summed E-state index contributed by atoms with van der Waals surface area (Å²) in [6.45, 7) is 0. The van der Waals surface area contributed by atoms with Gasteiger partial charge in [-0.25, -0.2) is 28.0 Å². The van der Waals surface area contributed by atoms with Gasteiger partial charge in [0.25, 0.3) is 15.9 Å². The molecule has 1 aromatic carbocycles. The predicted octanol–water partition coefficient (Wildman–Crippen LogP) is 0.258. The standard InChI is InChI=1S/C15H15N5O4S/c16-12-6-7-13(21)20(14(12)22)10-2-4-11(5-3-10)25(23,24)19-15-17-8-1-9-18-15/h1-5,8-9,12H,6-7,16H2,(H,17,18,19)/t12-/m0/s1. The molecular weight excluding hydrogens is 346 g/mol. The molecule has 130 valence electrons. The molecule has 0 aliphatic carbocycles. The molecule has 1 aromatic heterocycles. The fourth-order valence-electron chi connectivity index (χ4n) is 2.38. The molecule has 10 heteroatoms. The molecule has 0 radical (unpaired) electrons. The number of carbonyl (C=O) groups excluding carboxylic acids is 2. The zero-order chi connectivity index (χ0) is 18.0. The number of anilines is 2. The number of carbonyl (C=O) groups is 2. The summed E-state index contributed by atoms with van der Waals surface area (Å²) in [6, 6.07) is 6.17. The van der Waals surface area contributed by atoms with Crippen molar-refractivity contribution < 1.29 is 18.0 Å². The van der Waals surface area contributed by atoms with Gasteiger partial charge in [-0.3, -0.25) is 9.59 Å². The number of nitrogens with zero attached hydrogens (tertiary/aromatic N) is 3. The average Bonchev–Trinajstić information content (AvgIpc) is 2.60. The molecule has 2 amide bonds. The molecule has 1 aliphatic heterocycles.